The fourth-order valence-electron chi connectivity index (χ4n) is 6.89. The number of hydrogen-bond donors (Lipinski definition) is 2. The number of allylic oxidation sites excluding steroid dienone is 4. The molecule has 0 radical (unpaired) electrons. The van der Waals surface area contributed by atoms with Gasteiger partial charge in [0.2, 0.25) is 0 Å². The first-order chi connectivity index (χ1) is 24.3. The van der Waals surface area contributed by atoms with Crippen LogP contribution in [0.5, 0.6) is 0 Å². The van der Waals surface area contributed by atoms with Gasteiger partial charge in [-0.1, -0.05) is 115 Å². The Labute approximate surface area is 288 Å². The van der Waals surface area contributed by atoms with Gasteiger partial charge in [0.1, 0.15) is 11.5 Å². The number of nitrogens with zero attached hydrogens (tertiary/aromatic N) is 2. The van der Waals surface area contributed by atoms with Crippen molar-refractivity contribution >= 4 is 11.5 Å². The molecule has 0 spiro atoms. The van der Waals surface area contributed by atoms with E-state index in [1.54, 1.807) is 0 Å². The lowest BCUT2D eigenvalue weighted by molar-refractivity contribution is 0.553. The zero-order chi connectivity index (χ0) is 32.8. The normalized spacial score (nSPS) is 19.9. The second-order valence-electron chi connectivity index (χ2n) is 12.8. The van der Waals surface area contributed by atoms with Gasteiger partial charge in [-0.3, -0.25) is 4.98 Å². The van der Waals surface area contributed by atoms with Gasteiger partial charge in [-0.2, -0.15) is 0 Å². The molecule has 4 aromatic carbocycles. The zero-order valence-corrected chi connectivity index (χ0v) is 27.3. The third-order valence-electron chi connectivity index (χ3n) is 9.50. The number of nitrogens with one attached hydrogen (secondary N) is 2. The van der Waals surface area contributed by atoms with Gasteiger partial charge < -0.3 is 10.6 Å². The number of benzene rings is 4. The van der Waals surface area contributed by atoms with Crippen LogP contribution >= 0.6 is 0 Å². The van der Waals surface area contributed by atoms with E-state index in [2.05, 4.69) is 173 Å². The summed E-state index contributed by atoms with van der Waals surface area (Å²) in [6.45, 7) is 0. The fourth-order valence-corrected chi connectivity index (χ4v) is 6.89. The Bertz CT molecular complexity index is 2080. The second-order valence-corrected chi connectivity index (χ2v) is 12.8. The van der Waals surface area contributed by atoms with Gasteiger partial charge in [-0.15, -0.1) is 0 Å². The number of aromatic nitrogens is 1. The van der Waals surface area contributed by atoms with Crippen LogP contribution in [0, 0.1) is 0 Å². The van der Waals surface area contributed by atoms with Crippen molar-refractivity contribution in [1.29, 1.82) is 0 Å². The molecule has 1 aliphatic carbocycles. The van der Waals surface area contributed by atoms with Crippen LogP contribution in [0.15, 0.2) is 180 Å². The van der Waals surface area contributed by atoms with E-state index in [0.29, 0.717) is 0 Å². The highest BCUT2D eigenvalue weighted by Crippen LogP contribution is 2.33. The molecule has 0 saturated carbocycles. The molecule has 4 heteroatoms. The molecule has 4 nitrogen and oxygen atoms in total. The Balaban J connectivity index is 1.24. The van der Waals surface area contributed by atoms with Crippen LogP contribution in [0.3, 0.4) is 0 Å². The lowest BCUT2D eigenvalue weighted by Crippen LogP contribution is -2.35. The quantitative estimate of drug-likeness (QED) is 0.175. The largest absolute Gasteiger partial charge is 0.384 e. The SMILES string of the molecule is C1=CC(C2=CC=CC(c3ccccn3)C2)NC(c2cc(-c3ccccc3)cc(-c3ccccc3)c2)=NC=1c1cccc(C2CCC=CN2)c1. The second kappa shape index (κ2) is 14.0. The minimum atomic E-state index is -0.0960. The van der Waals surface area contributed by atoms with Gasteiger partial charge in [-0.25, -0.2) is 4.99 Å². The Hall–Kier alpha value is -5.96. The molecule has 0 amide bonds. The van der Waals surface area contributed by atoms with Gasteiger partial charge in [0.25, 0.3) is 0 Å². The van der Waals surface area contributed by atoms with E-state index in [1.165, 1.54) is 22.3 Å². The van der Waals surface area contributed by atoms with E-state index >= 15 is 0 Å². The van der Waals surface area contributed by atoms with E-state index < -0.39 is 0 Å². The van der Waals surface area contributed by atoms with Gasteiger partial charge in [-0.05, 0) is 101 Å². The van der Waals surface area contributed by atoms with Gasteiger partial charge in [0.15, 0.2) is 0 Å². The summed E-state index contributed by atoms with van der Waals surface area (Å²) in [4.78, 5) is 10.1. The molecule has 0 fully saturated rings. The van der Waals surface area contributed by atoms with Crippen LogP contribution in [0.2, 0.25) is 0 Å². The molecule has 0 saturated heterocycles. The highest BCUT2D eigenvalue weighted by Gasteiger charge is 2.24. The standard InChI is InChI=1S/C45H38N4/c1-3-13-32(14-4-1)38-29-39(33-15-5-2-6-16-33)31-40(30-38)45-48-43(36-19-11-17-34(27-36)41-21-7-9-25-46-41)23-24-44(49-45)37-20-12-18-35(28-37)42-22-8-10-26-47-42/h1-7,9-21,23,25-26,28-31,34,42-43,47H,8,22,27H2,(H,48,49). The smallest absolute Gasteiger partial charge is 0.135 e. The van der Waals surface area contributed by atoms with Crippen molar-refractivity contribution in [3.63, 3.8) is 0 Å². The van der Waals surface area contributed by atoms with Crippen LogP contribution in [0.1, 0.15) is 53.6 Å². The highest BCUT2D eigenvalue weighted by molar-refractivity contribution is 6.04. The van der Waals surface area contributed by atoms with Gasteiger partial charge >= 0.3 is 0 Å². The van der Waals surface area contributed by atoms with Crippen molar-refractivity contribution in [2.24, 2.45) is 4.99 Å². The third kappa shape index (κ3) is 6.87. The number of pyridine rings is 1. The summed E-state index contributed by atoms with van der Waals surface area (Å²) >= 11 is 0. The molecule has 49 heavy (non-hydrogen) atoms. The Kier molecular flexibility index (Phi) is 8.70. The summed E-state index contributed by atoms with van der Waals surface area (Å²) in [6.07, 6.45) is 17.9. The molecular formula is C45H38N4. The van der Waals surface area contributed by atoms with Crippen LogP contribution in [-0.2, 0) is 0 Å². The van der Waals surface area contributed by atoms with Crippen molar-refractivity contribution in [1.82, 2.24) is 15.6 Å². The van der Waals surface area contributed by atoms with Gasteiger partial charge in [0, 0.05) is 28.9 Å². The van der Waals surface area contributed by atoms with E-state index in [4.69, 9.17) is 4.99 Å². The third-order valence-corrected chi connectivity index (χ3v) is 9.50. The average Bonchev–Trinajstić information content (AvgIpc) is 3.43. The number of amidine groups is 1. The molecule has 3 unspecified atom stereocenters. The van der Waals surface area contributed by atoms with Crippen molar-refractivity contribution in [3.05, 3.63) is 198 Å². The Morgan fingerprint density at radius 3 is 2.14 bits per heavy atom. The van der Waals surface area contributed by atoms with Crippen LogP contribution in [0.4, 0.5) is 0 Å². The van der Waals surface area contributed by atoms with Crippen molar-refractivity contribution < 1.29 is 0 Å². The molecular weight excluding hydrogens is 597 g/mol. The lowest BCUT2D eigenvalue weighted by Gasteiger charge is -2.25. The molecule has 2 aliphatic heterocycles. The molecule has 3 atom stereocenters. The first-order valence-electron chi connectivity index (χ1n) is 17.1. The van der Waals surface area contributed by atoms with E-state index in [-0.39, 0.29) is 18.0 Å². The molecule has 5 aromatic rings. The minimum Gasteiger partial charge on any atom is -0.384 e. The lowest BCUT2D eigenvalue weighted by atomic mass is 9.87. The predicted octanol–water partition coefficient (Wildman–Crippen LogP) is 9.94. The first kappa shape index (κ1) is 30.4. The summed E-state index contributed by atoms with van der Waals surface area (Å²) in [5.74, 6) is 1.04. The van der Waals surface area contributed by atoms with E-state index in [9.17, 15) is 0 Å². The predicted molar refractivity (Wildman–Crippen MR) is 202 cm³/mol. The molecule has 1 aromatic heterocycles. The molecule has 0 bridgehead atoms. The number of hydrogen-bond acceptors (Lipinski definition) is 4. The average molecular weight is 635 g/mol. The fraction of sp³-hybridized carbons (Fsp3) is 0.133. The maximum atomic E-state index is 5.38. The van der Waals surface area contributed by atoms with Gasteiger partial charge in [0.05, 0.1) is 12.1 Å². The van der Waals surface area contributed by atoms with E-state index in [0.717, 1.165) is 58.7 Å². The minimum absolute atomic E-state index is 0.0960. The molecule has 3 aliphatic rings. The first-order valence-corrected chi connectivity index (χ1v) is 17.1. The molecule has 3 heterocycles. The Morgan fingerprint density at radius 1 is 0.694 bits per heavy atom. The van der Waals surface area contributed by atoms with Crippen molar-refractivity contribution in [3.8, 4) is 22.3 Å². The summed E-state index contributed by atoms with van der Waals surface area (Å²) in [6, 6.07) is 43.1. The highest BCUT2D eigenvalue weighted by atomic mass is 15.0. The summed E-state index contributed by atoms with van der Waals surface area (Å²) < 4.78 is 0. The zero-order valence-electron chi connectivity index (χ0n) is 27.3. The Morgan fingerprint density at radius 2 is 1.43 bits per heavy atom. The van der Waals surface area contributed by atoms with Crippen molar-refractivity contribution in [2.75, 3.05) is 0 Å². The summed E-state index contributed by atoms with van der Waals surface area (Å²) in [7, 11) is 0. The number of aliphatic imine (C=N–C) groups is 1. The maximum Gasteiger partial charge on any atom is 0.135 e. The molecule has 238 valence electrons. The topological polar surface area (TPSA) is 49.3 Å². The van der Waals surface area contributed by atoms with E-state index in [1.807, 2.05) is 12.3 Å². The maximum absolute atomic E-state index is 5.38. The van der Waals surface area contributed by atoms with Crippen LogP contribution in [0.25, 0.3) is 28.0 Å². The van der Waals surface area contributed by atoms with Crippen molar-refractivity contribution in [2.45, 2.75) is 37.3 Å². The molecule has 2 N–H and O–H groups in total. The number of rotatable bonds is 7. The van der Waals surface area contributed by atoms with Crippen LogP contribution < -0.4 is 10.6 Å². The summed E-state index contributed by atoms with van der Waals surface area (Å²) in [5, 5.41) is 7.41. The summed E-state index contributed by atoms with van der Waals surface area (Å²) in [5.41, 5.74) is 14.8. The van der Waals surface area contributed by atoms with Crippen LogP contribution in [-0.4, -0.2) is 16.9 Å². The monoisotopic (exact) mass is 634 g/mol. The molecule has 8 rings (SSSR count).